The van der Waals surface area contributed by atoms with E-state index in [0.29, 0.717) is 6.42 Å². The number of unbranched alkanes of at least 4 members (excludes halogenated alkanes) is 4. The largest absolute Gasteiger partial charge is 0.324 e. The van der Waals surface area contributed by atoms with E-state index in [4.69, 9.17) is 5.73 Å². The van der Waals surface area contributed by atoms with Gasteiger partial charge in [-0.15, -0.1) is 0 Å². The molecule has 0 aromatic heterocycles. The van der Waals surface area contributed by atoms with Crippen LogP contribution < -0.4 is 10.6 Å². The van der Waals surface area contributed by atoms with Crippen LogP contribution in [0.3, 0.4) is 0 Å². The lowest BCUT2D eigenvalue weighted by atomic mass is 9.98. The highest BCUT2D eigenvalue weighted by Crippen LogP contribution is 2.30. The lowest BCUT2D eigenvalue weighted by Crippen LogP contribution is -2.20. The Hall–Kier alpha value is -1.35. The van der Waals surface area contributed by atoms with Crippen LogP contribution in [0.5, 0.6) is 0 Å². The van der Waals surface area contributed by atoms with Crippen LogP contribution in [0, 0.1) is 0 Å². The maximum atomic E-state index is 11.7. The quantitative estimate of drug-likeness (QED) is 0.773. The highest BCUT2D eigenvalue weighted by atomic mass is 16.2. The molecule has 2 N–H and O–H groups in total. The van der Waals surface area contributed by atoms with Gasteiger partial charge in [0.15, 0.2) is 0 Å². The fourth-order valence-corrected chi connectivity index (χ4v) is 2.86. The number of hydrogen-bond acceptors (Lipinski definition) is 2. The highest BCUT2D eigenvalue weighted by Gasteiger charge is 2.24. The van der Waals surface area contributed by atoms with Crippen molar-refractivity contribution in [2.24, 2.45) is 5.73 Å². The third-order valence-corrected chi connectivity index (χ3v) is 4.23. The fourth-order valence-electron chi connectivity index (χ4n) is 2.86. The van der Waals surface area contributed by atoms with Crippen molar-refractivity contribution >= 4 is 11.6 Å². The Labute approximate surface area is 122 Å². The average molecular weight is 274 g/mol. The average Bonchev–Trinajstić information content (AvgIpc) is 2.73. The zero-order chi connectivity index (χ0) is 14.5. The molecule has 0 bridgehead atoms. The molecule has 0 saturated heterocycles. The molecule has 0 saturated carbocycles. The standard InChI is InChI=1S/C17H26N2O/c1-3-4-5-6-7-8-15(18)13-9-10-16-14(11-13)12-17(20)19(16)2/h9-11,15H,3-8,12,18H2,1-2H3. The predicted molar refractivity (Wildman–Crippen MR) is 83.9 cm³/mol. The first kappa shape index (κ1) is 15.0. The van der Waals surface area contributed by atoms with Gasteiger partial charge in [0, 0.05) is 18.8 Å². The van der Waals surface area contributed by atoms with Crippen molar-refractivity contribution in [2.45, 2.75) is 57.9 Å². The molecule has 0 radical (unpaired) electrons. The van der Waals surface area contributed by atoms with Crippen LogP contribution >= 0.6 is 0 Å². The van der Waals surface area contributed by atoms with Gasteiger partial charge in [0.05, 0.1) is 6.42 Å². The molecule has 1 unspecified atom stereocenters. The lowest BCUT2D eigenvalue weighted by Gasteiger charge is -2.15. The number of benzene rings is 1. The Kier molecular flexibility index (Phi) is 5.18. The lowest BCUT2D eigenvalue weighted by molar-refractivity contribution is -0.117. The summed E-state index contributed by atoms with van der Waals surface area (Å²) in [6.45, 7) is 2.23. The van der Waals surface area contributed by atoms with Gasteiger partial charge in [0.25, 0.3) is 0 Å². The number of fused-ring (bicyclic) bond motifs is 1. The zero-order valence-electron chi connectivity index (χ0n) is 12.7. The minimum absolute atomic E-state index is 0.0999. The summed E-state index contributed by atoms with van der Waals surface area (Å²) in [6, 6.07) is 6.33. The number of anilines is 1. The Morgan fingerprint density at radius 2 is 2.00 bits per heavy atom. The molecule has 1 atom stereocenters. The first-order valence-electron chi connectivity index (χ1n) is 7.78. The second-order valence-electron chi connectivity index (χ2n) is 5.83. The van der Waals surface area contributed by atoms with Crippen molar-refractivity contribution < 1.29 is 4.79 Å². The molecule has 1 amide bonds. The monoisotopic (exact) mass is 274 g/mol. The molecule has 1 aliphatic rings. The Balaban J connectivity index is 1.90. The van der Waals surface area contributed by atoms with Crippen LogP contribution in [0.4, 0.5) is 5.69 Å². The van der Waals surface area contributed by atoms with Gasteiger partial charge in [-0.3, -0.25) is 4.79 Å². The summed E-state index contributed by atoms with van der Waals surface area (Å²) in [4.78, 5) is 13.4. The summed E-state index contributed by atoms with van der Waals surface area (Å²) in [7, 11) is 1.83. The second kappa shape index (κ2) is 6.89. The normalized spacial score (nSPS) is 15.6. The van der Waals surface area contributed by atoms with Crippen molar-refractivity contribution in [3.05, 3.63) is 29.3 Å². The van der Waals surface area contributed by atoms with E-state index in [2.05, 4.69) is 19.1 Å². The van der Waals surface area contributed by atoms with E-state index in [9.17, 15) is 4.79 Å². The van der Waals surface area contributed by atoms with Crippen molar-refractivity contribution in [1.82, 2.24) is 0 Å². The van der Waals surface area contributed by atoms with Crippen molar-refractivity contribution in [3.63, 3.8) is 0 Å². The molecule has 2 rings (SSSR count). The van der Waals surface area contributed by atoms with Gasteiger partial charge in [0.2, 0.25) is 5.91 Å². The maximum Gasteiger partial charge on any atom is 0.231 e. The third-order valence-electron chi connectivity index (χ3n) is 4.23. The number of carbonyl (C=O) groups excluding carboxylic acids is 1. The maximum absolute atomic E-state index is 11.7. The summed E-state index contributed by atoms with van der Waals surface area (Å²) >= 11 is 0. The van der Waals surface area contributed by atoms with Gasteiger partial charge in [-0.1, -0.05) is 51.2 Å². The number of nitrogens with two attached hydrogens (primary N) is 1. The van der Waals surface area contributed by atoms with Crippen molar-refractivity contribution in [2.75, 3.05) is 11.9 Å². The van der Waals surface area contributed by atoms with E-state index in [1.807, 2.05) is 13.1 Å². The summed E-state index contributed by atoms with van der Waals surface area (Å²) in [5, 5.41) is 0. The van der Waals surface area contributed by atoms with E-state index >= 15 is 0 Å². The zero-order valence-corrected chi connectivity index (χ0v) is 12.7. The van der Waals surface area contributed by atoms with Crippen molar-refractivity contribution in [1.29, 1.82) is 0 Å². The molecule has 3 nitrogen and oxygen atoms in total. The summed E-state index contributed by atoms with van der Waals surface area (Å²) in [5.41, 5.74) is 9.60. The van der Waals surface area contributed by atoms with E-state index in [1.165, 1.54) is 37.7 Å². The summed E-state index contributed by atoms with van der Waals surface area (Å²) in [5.74, 6) is 0.172. The molecule has 20 heavy (non-hydrogen) atoms. The molecule has 110 valence electrons. The van der Waals surface area contributed by atoms with Gasteiger partial charge in [-0.05, 0) is 23.6 Å². The number of amides is 1. The predicted octanol–water partition coefficient (Wildman–Crippen LogP) is 3.57. The molecule has 0 aliphatic carbocycles. The Bertz CT molecular complexity index is 470. The van der Waals surface area contributed by atoms with Crippen molar-refractivity contribution in [3.8, 4) is 0 Å². The van der Waals surface area contributed by atoms with Crippen LogP contribution in [-0.2, 0) is 11.2 Å². The summed E-state index contributed by atoms with van der Waals surface area (Å²) < 4.78 is 0. The molecule has 3 heteroatoms. The van der Waals surface area contributed by atoms with Gasteiger partial charge in [0.1, 0.15) is 0 Å². The molecule has 0 fully saturated rings. The third kappa shape index (κ3) is 3.40. The molecular weight excluding hydrogens is 248 g/mol. The summed E-state index contributed by atoms with van der Waals surface area (Å²) in [6.07, 6.45) is 7.92. The number of likely N-dealkylation sites (N-methyl/N-ethyl adjacent to an activating group) is 1. The van der Waals surface area contributed by atoms with Crippen LogP contribution in [0.2, 0.25) is 0 Å². The van der Waals surface area contributed by atoms with Gasteiger partial charge in [-0.25, -0.2) is 0 Å². The molecule has 1 aromatic rings. The van der Waals surface area contributed by atoms with Crippen LogP contribution in [0.15, 0.2) is 18.2 Å². The second-order valence-corrected chi connectivity index (χ2v) is 5.83. The first-order valence-corrected chi connectivity index (χ1v) is 7.78. The van der Waals surface area contributed by atoms with Gasteiger partial charge in [-0.2, -0.15) is 0 Å². The van der Waals surface area contributed by atoms with E-state index in [1.54, 1.807) is 4.90 Å². The van der Waals surface area contributed by atoms with Gasteiger partial charge < -0.3 is 10.6 Å². The Morgan fingerprint density at radius 3 is 2.75 bits per heavy atom. The SMILES string of the molecule is CCCCCCCC(N)c1ccc2c(c1)CC(=O)N2C. The van der Waals surface area contributed by atoms with Crippen LogP contribution in [0.25, 0.3) is 0 Å². The number of rotatable bonds is 7. The van der Waals surface area contributed by atoms with E-state index in [-0.39, 0.29) is 11.9 Å². The van der Waals surface area contributed by atoms with Crippen LogP contribution in [0.1, 0.15) is 62.6 Å². The van der Waals surface area contributed by atoms with Gasteiger partial charge >= 0.3 is 0 Å². The number of nitrogens with zero attached hydrogens (tertiary/aromatic N) is 1. The number of hydrogen-bond donors (Lipinski definition) is 1. The van der Waals surface area contributed by atoms with E-state index in [0.717, 1.165) is 17.7 Å². The van der Waals surface area contributed by atoms with Crippen LogP contribution in [-0.4, -0.2) is 13.0 Å². The molecule has 1 aromatic carbocycles. The minimum atomic E-state index is 0.0999. The molecular formula is C17H26N2O. The first-order chi connectivity index (χ1) is 9.63. The number of carbonyl (C=O) groups is 1. The Morgan fingerprint density at radius 1 is 1.25 bits per heavy atom. The minimum Gasteiger partial charge on any atom is -0.324 e. The smallest absolute Gasteiger partial charge is 0.231 e. The van der Waals surface area contributed by atoms with E-state index < -0.39 is 0 Å². The fraction of sp³-hybridized carbons (Fsp3) is 0.588. The highest BCUT2D eigenvalue weighted by molar-refractivity contribution is 6.00. The molecule has 1 heterocycles. The topological polar surface area (TPSA) is 46.3 Å². The molecule has 1 aliphatic heterocycles. The molecule has 0 spiro atoms.